The molecular formula is C32H39N7O6. The van der Waals surface area contributed by atoms with Gasteiger partial charge in [0.25, 0.3) is 0 Å². The topological polar surface area (TPSA) is 215 Å². The number of carbonyl (C=O) groups is 4. The Balaban J connectivity index is 1.60. The summed E-state index contributed by atoms with van der Waals surface area (Å²) in [6.45, 7) is 3.53. The molecule has 0 saturated carbocycles. The predicted molar refractivity (Wildman–Crippen MR) is 167 cm³/mol. The van der Waals surface area contributed by atoms with Crippen molar-refractivity contribution in [1.29, 1.82) is 0 Å². The summed E-state index contributed by atoms with van der Waals surface area (Å²) in [6, 6.07) is 9.12. The Morgan fingerprint density at radius 3 is 2.22 bits per heavy atom. The van der Waals surface area contributed by atoms with Crippen LogP contribution in [0, 0.1) is 5.92 Å². The number of aromatic nitrogens is 3. The number of nitrogens with two attached hydrogens (primary N) is 1. The standard InChI is InChI=1S/C32H39N7O6/c1-3-18(2)28(32(44)45)39-31(43)26(12-19-8-10-22(40)11-9-19)38-30(42)27(13-20-15-35-25-7-5-4-6-23(20)25)37-29(41)24(33)14-21-16-34-17-36-21/h4-11,15-18,24,26-28,35,40H,3,12-14,33H2,1-2H3,(H,34,36)(H,37,41)(H,38,42)(H,39,43)(H,44,45). The highest BCUT2D eigenvalue weighted by atomic mass is 16.4. The summed E-state index contributed by atoms with van der Waals surface area (Å²) < 4.78 is 0. The van der Waals surface area contributed by atoms with Gasteiger partial charge in [0.1, 0.15) is 23.9 Å². The Morgan fingerprint density at radius 2 is 1.56 bits per heavy atom. The Bertz CT molecular complexity index is 1600. The smallest absolute Gasteiger partial charge is 0.326 e. The van der Waals surface area contributed by atoms with Crippen molar-refractivity contribution in [3.63, 3.8) is 0 Å². The van der Waals surface area contributed by atoms with Crippen molar-refractivity contribution in [2.45, 2.75) is 63.7 Å². The highest BCUT2D eigenvalue weighted by molar-refractivity contribution is 5.95. The minimum absolute atomic E-state index is 0.00219. The SMILES string of the molecule is CCC(C)C(NC(=O)C(Cc1ccc(O)cc1)NC(=O)C(Cc1c[nH]c2ccccc12)NC(=O)C(N)Cc1cnc[nH]1)C(=O)O. The Hall–Kier alpha value is -5.17. The Labute approximate surface area is 260 Å². The molecule has 2 aromatic carbocycles. The number of hydrogen-bond donors (Lipinski definition) is 8. The summed E-state index contributed by atoms with van der Waals surface area (Å²) in [5.41, 5.74) is 9.04. The number of carboxylic acids is 1. The summed E-state index contributed by atoms with van der Waals surface area (Å²) in [5, 5.41) is 28.4. The lowest BCUT2D eigenvalue weighted by molar-refractivity contribution is -0.143. The lowest BCUT2D eigenvalue weighted by Gasteiger charge is -2.26. The van der Waals surface area contributed by atoms with Crippen LogP contribution in [0.2, 0.25) is 0 Å². The van der Waals surface area contributed by atoms with Gasteiger partial charge in [-0.3, -0.25) is 14.4 Å². The third kappa shape index (κ3) is 8.70. The molecule has 3 amide bonds. The number of nitrogens with one attached hydrogen (secondary N) is 5. The van der Waals surface area contributed by atoms with Crippen LogP contribution >= 0.6 is 0 Å². The molecule has 2 aromatic heterocycles. The number of benzene rings is 2. The summed E-state index contributed by atoms with van der Waals surface area (Å²) >= 11 is 0. The van der Waals surface area contributed by atoms with E-state index in [-0.39, 0.29) is 30.9 Å². The van der Waals surface area contributed by atoms with Gasteiger partial charge in [0.05, 0.1) is 12.4 Å². The molecule has 5 unspecified atom stereocenters. The van der Waals surface area contributed by atoms with Crippen LogP contribution in [0.5, 0.6) is 5.75 Å². The first-order valence-corrected chi connectivity index (χ1v) is 14.7. The van der Waals surface area contributed by atoms with Gasteiger partial charge in [0.2, 0.25) is 17.7 Å². The molecule has 4 rings (SSSR count). The van der Waals surface area contributed by atoms with Crippen molar-refractivity contribution in [3.8, 4) is 5.75 Å². The van der Waals surface area contributed by atoms with Gasteiger partial charge < -0.3 is 41.9 Å². The fraction of sp³-hybridized carbons (Fsp3) is 0.344. The average molecular weight is 618 g/mol. The number of imidazole rings is 1. The number of phenols is 1. The van der Waals surface area contributed by atoms with Crippen molar-refractivity contribution in [3.05, 3.63) is 84.1 Å². The second-order valence-corrected chi connectivity index (χ2v) is 11.2. The number of aromatic hydroxyl groups is 1. The minimum Gasteiger partial charge on any atom is -0.508 e. The van der Waals surface area contributed by atoms with Crippen LogP contribution in [-0.2, 0) is 38.4 Å². The molecule has 45 heavy (non-hydrogen) atoms. The van der Waals surface area contributed by atoms with E-state index in [1.54, 1.807) is 31.5 Å². The van der Waals surface area contributed by atoms with Crippen molar-refractivity contribution in [2.24, 2.45) is 11.7 Å². The number of fused-ring (bicyclic) bond motifs is 1. The van der Waals surface area contributed by atoms with E-state index in [0.29, 0.717) is 17.7 Å². The number of carbonyl (C=O) groups excluding carboxylic acids is 3. The molecule has 4 aromatic rings. The van der Waals surface area contributed by atoms with Crippen molar-refractivity contribution in [2.75, 3.05) is 0 Å². The monoisotopic (exact) mass is 617 g/mol. The quantitative estimate of drug-likeness (QED) is 0.0977. The summed E-state index contributed by atoms with van der Waals surface area (Å²) in [5.74, 6) is -3.47. The second-order valence-electron chi connectivity index (χ2n) is 11.2. The zero-order valence-electron chi connectivity index (χ0n) is 25.1. The highest BCUT2D eigenvalue weighted by Crippen LogP contribution is 2.20. The summed E-state index contributed by atoms with van der Waals surface area (Å²) in [7, 11) is 0. The maximum Gasteiger partial charge on any atom is 0.326 e. The minimum atomic E-state index is -1.20. The average Bonchev–Trinajstić information content (AvgIpc) is 3.69. The van der Waals surface area contributed by atoms with Gasteiger partial charge in [-0.25, -0.2) is 9.78 Å². The first kappa shape index (κ1) is 32.7. The van der Waals surface area contributed by atoms with Gasteiger partial charge in [-0.05, 0) is 35.2 Å². The van der Waals surface area contributed by atoms with Gasteiger partial charge in [0.15, 0.2) is 0 Å². The lowest BCUT2D eigenvalue weighted by Crippen LogP contribution is -2.58. The van der Waals surface area contributed by atoms with E-state index in [1.165, 1.54) is 18.5 Å². The third-order valence-electron chi connectivity index (χ3n) is 7.85. The van der Waals surface area contributed by atoms with E-state index in [1.807, 2.05) is 31.2 Å². The number of carboxylic acid groups (broad SMARTS) is 1. The number of nitrogens with zero attached hydrogens (tertiary/aromatic N) is 1. The number of hydrogen-bond acceptors (Lipinski definition) is 7. The van der Waals surface area contributed by atoms with Gasteiger partial charge >= 0.3 is 5.97 Å². The maximum absolute atomic E-state index is 13.9. The molecule has 0 aliphatic carbocycles. The molecule has 13 heteroatoms. The van der Waals surface area contributed by atoms with E-state index in [4.69, 9.17) is 5.73 Å². The van der Waals surface area contributed by atoms with Gasteiger partial charge in [-0.1, -0.05) is 50.6 Å². The third-order valence-corrected chi connectivity index (χ3v) is 7.85. The normalized spacial score (nSPS) is 14.6. The zero-order valence-corrected chi connectivity index (χ0v) is 25.1. The second kappa shape index (κ2) is 15.0. The first-order chi connectivity index (χ1) is 21.5. The van der Waals surface area contributed by atoms with E-state index in [9.17, 15) is 29.4 Å². The fourth-order valence-corrected chi connectivity index (χ4v) is 5.02. The fourth-order valence-electron chi connectivity index (χ4n) is 5.02. The van der Waals surface area contributed by atoms with E-state index in [2.05, 4.69) is 30.9 Å². The lowest BCUT2D eigenvalue weighted by atomic mass is 9.97. The number of H-pyrrole nitrogens is 2. The Kier molecular flexibility index (Phi) is 10.9. The molecule has 9 N–H and O–H groups in total. The largest absolute Gasteiger partial charge is 0.508 e. The van der Waals surface area contributed by atoms with Crippen molar-refractivity contribution < 1.29 is 29.4 Å². The van der Waals surface area contributed by atoms with Crippen LogP contribution in [0.1, 0.15) is 37.1 Å². The number of aliphatic carboxylic acids is 1. The molecule has 238 valence electrons. The van der Waals surface area contributed by atoms with Crippen LogP contribution < -0.4 is 21.7 Å². The van der Waals surface area contributed by atoms with Gasteiger partial charge in [-0.15, -0.1) is 0 Å². The van der Waals surface area contributed by atoms with Crippen molar-refractivity contribution in [1.82, 2.24) is 30.9 Å². The van der Waals surface area contributed by atoms with Crippen molar-refractivity contribution >= 4 is 34.6 Å². The molecule has 0 fully saturated rings. The van der Waals surface area contributed by atoms with E-state index >= 15 is 0 Å². The number of para-hydroxylation sites is 1. The number of aromatic amines is 2. The molecular weight excluding hydrogens is 578 g/mol. The predicted octanol–water partition coefficient (Wildman–Crippen LogP) is 1.54. The van der Waals surface area contributed by atoms with Crippen LogP contribution in [0.25, 0.3) is 10.9 Å². The first-order valence-electron chi connectivity index (χ1n) is 14.7. The molecule has 0 bridgehead atoms. The van der Waals surface area contributed by atoms with Crippen LogP contribution in [0.4, 0.5) is 0 Å². The molecule has 0 aliphatic rings. The molecule has 5 atom stereocenters. The summed E-state index contributed by atoms with van der Waals surface area (Å²) in [4.78, 5) is 62.7. The summed E-state index contributed by atoms with van der Waals surface area (Å²) in [6.07, 6.45) is 5.53. The highest BCUT2D eigenvalue weighted by Gasteiger charge is 2.32. The molecule has 0 spiro atoms. The molecule has 0 aliphatic heterocycles. The molecule has 0 radical (unpaired) electrons. The van der Waals surface area contributed by atoms with Gasteiger partial charge in [-0.2, -0.15) is 0 Å². The van der Waals surface area contributed by atoms with E-state index in [0.717, 1.165) is 16.5 Å². The Morgan fingerprint density at radius 1 is 0.889 bits per heavy atom. The zero-order chi connectivity index (χ0) is 32.5. The number of rotatable bonds is 15. The molecule has 2 heterocycles. The molecule has 0 saturated heterocycles. The van der Waals surface area contributed by atoms with Crippen LogP contribution in [0.3, 0.4) is 0 Å². The maximum atomic E-state index is 13.9. The van der Waals surface area contributed by atoms with Gasteiger partial charge in [0, 0.05) is 48.3 Å². The number of amides is 3. The van der Waals surface area contributed by atoms with E-state index < -0.39 is 47.9 Å². The van der Waals surface area contributed by atoms with Crippen LogP contribution in [-0.4, -0.2) is 73.0 Å². The van der Waals surface area contributed by atoms with Crippen LogP contribution in [0.15, 0.2) is 67.3 Å². The number of phenolic OH excluding ortho intramolecular Hbond substituents is 1. The molecule has 13 nitrogen and oxygen atoms in total.